The lowest BCUT2D eigenvalue weighted by Gasteiger charge is -2.33. The second-order valence-corrected chi connectivity index (χ2v) is 16.9. The van der Waals surface area contributed by atoms with Crippen LogP contribution >= 0.6 is 94.1 Å². The minimum Gasteiger partial charge on any atom is -0.136 e. The Balaban J connectivity index is 1.46. The minimum atomic E-state index is -0.483. The first-order chi connectivity index (χ1) is 13.2. The molecule has 4 rings (SSSR count). The van der Waals surface area contributed by atoms with E-state index in [1.54, 1.807) is 0 Å². The second-order valence-electron chi connectivity index (χ2n) is 7.32. The van der Waals surface area contributed by atoms with E-state index >= 15 is 0 Å². The Labute approximate surface area is 201 Å². The van der Waals surface area contributed by atoms with Crippen LogP contribution in [0.3, 0.4) is 0 Å². The van der Waals surface area contributed by atoms with Gasteiger partial charge in [0, 0.05) is 0 Å². The minimum absolute atomic E-state index is 0.449. The summed E-state index contributed by atoms with van der Waals surface area (Å²) in [6, 6.07) is 0. The van der Waals surface area contributed by atoms with Gasteiger partial charge in [-0.2, -0.15) is 0 Å². The molecule has 0 aromatic carbocycles. The summed E-state index contributed by atoms with van der Waals surface area (Å²) in [4.78, 5) is 0. The summed E-state index contributed by atoms with van der Waals surface area (Å²) in [5.74, 6) is 0. The summed E-state index contributed by atoms with van der Waals surface area (Å²) < 4.78 is 9.75. The molecule has 4 aliphatic heterocycles. The topological polar surface area (TPSA) is 23.1 Å². The molecule has 4 aliphatic rings. The Hall–Kier alpha value is 1.42. The van der Waals surface area contributed by atoms with Crippen molar-refractivity contribution in [1.82, 2.24) is 5.06 Å². The Morgan fingerprint density at radius 3 is 1.71 bits per heavy atom. The maximum absolute atomic E-state index is 12.6. The molecule has 4 heterocycles. The Morgan fingerprint density at radius 1 is 0.821 bits per heavy atom. The molecule has 0 N–H and O–H groups in total. The number of thioether (sulfide) groups is 8. The number of rotatable bonds is 3. The maximum atomic E-state index is 12.6. The monoisotopic (exact) mass is 522 g/mol. The number of nitrogens with zero attached hydrogens (tertiary/aromatic N) is 1. The standard InChI is InChI=1S/C18H20NOS8/c1-17(2)8-9(18(3,4)19(17)20)7-10-23-13-14(24-10)28-16(27-13)15-25-11(21-5)12(22-6)26-15/h7-8H,1-6H3. The highest BCUT2D eigenvalue weighted by molar-refractivity contribution is 8.49. The van der Waals surface area contributed by atoms with Gasteiger partial charge in [0.2, 0.25) is 0 Å². The lowest BCUT2D eigenvalue weighted by atomic mass is 9.97. The molecular weight excluding hydrogens is 503 g/mol. The third-order valence-corrected chi connectivity index (χ3v) is 15.8. The van der Waals surface area contributed by atoms with E-state index in [9.17, 15) is 5.21 Å². The molecule has 0 aromatic heterocycles. The second kappa shape index (κ2) is 8.41. The zero-order valence-corrected chi connectivity index (χ0v) is 22.8. The molecule has 151 valence electrons. The lowest BCUT2D eigenvalue weighted by molar-refractivity contribution is -0.238. The van der Waals surface area contributed by atoms with Gasteiger partial charge >= 0.3 is 0 Å². The fourth-order valence-electron chi connectivity index (χ4n) is 3.15. The molecule has 0 unspecified atom stereocenters. The first-order valence-electron chi connectivity index (χ1n) is 8.46. The van der Waals surface area contributed by atoms with Crippen LogP contribution in [0.5, 0.6) is 0 Å². The number of hydrogen-bond donors (Lipinski definition) is 0. The van der Waals surface area contributed by atoms with Gasteiger partial charge in [0.05, 0.1) is 40.7 Å². The van der Waals surface area contributed by atoms with Crippen molar-refractivity contribution >= 4 is 94.1 Å². The van der Waals surface area contributed by atoms with Gasteiger partial charge in [-0.3, -0.25) is 0 Å². The third-order valence-electron chi connectivity index (χ3n) is 4.52. The zero-order valence-electron chi connectivity index (χ0n) is 16.3. The van der Waals surface area contributed by atoms with Gasteiger partial charge in [-0.1, -0.05) is 76.6 Å². The quantitative estimate of drug-likeness (QED) is 0.361. The normalized spacial score (nSPS) is 26.7. The van der Waals surface area contributed by atoms with Crippen LogP contribution in [-0.2, 0) is 5.21 Å². The molecule has 0 bridgehead atoms. The lowest BCUT2D eigenvalue weighted by Crippen LogP contribution is -2.46. The van der Waals surface area contributed by atoms with Crippen LogP contribution in [0.1, 0.15) is 27.7 Å². The Kier molecular flexibility index (Phi) is 6.79. The van der Waals surface area contributed by atoms with E-state index < -0.39 is 11.1 Å². The molecule has 28 heavy (non-hydrogen) atoms. The Morgan fingerprint density at radius 2 is 1.29 bits per heavy atom. The highest BCUT2D eigenvalue weighted by Crippen LogP contribution is 2.70. The summed E-state index contributed by atoms with van der Waals surface area (Å²) in [5.41, 5.74) is 0.191. The largest absolute Gasteiger partial charge is 0.136 e. The van der Waals surface area contributed by atoms with Crippen LogP contribution in [0.15, 0.2) is 47.4 Å². The van der Waals surface area contributed by atoms with Gasteiger partial charge in [0.15, 0.2) is 0 Å². The van der Waals surface area contributed by atoms with Crippen molar-refractivity contribution in [2.24, 2.45) is 0 Å². The zero-order chi connectivity index (χ0) is 20.3. The van der Waals surface area contributed by atoms with E-state index in [-0.39, 0.29) is 0 Å². The van der Waals surface area contributed by atoms with Crippen LogP contribution in [0.25, 0.3) is 0 Å². The number of hydrogen-bond acceptors (Lipinski definition) is 9. The van der Waals surface area contributed by atoms with Crippen LogP contribution in [-0.4, -0.2) is 28.7 Å². The first-order valence-corrected chi connectivity index (χ1v) is 15.8. The van der Waals surface area contributed by atoms with Crippen molar-refractivity contribution in [3.05, 3.63) is 47.4 Å². The fourth-order valence-corrected chi connectivity index (χ4v) is 14.7. The van der Waals surface area contributed by atoms with Crippen LogP contribution in [0.4, 0.5) is 0 Å². The highest BCUT2D eigenvalue weighted by Gasteiger charge is 2.46. The molecule has 0 amide bonds. The van der Waals surface area contributed by atoms with E-state index in [0.29, 0.717) is 0 Å². The predicted molar refractivity (Wildman–Crippen MR) is 141 cm³/mol. The van der Waals surface area contributed by atoms with E-state index in [1.165, 1.54) is 34.7 Å². The van der Waals surface area contributed by atoms with Crippen LogP contribution in [0, 0.1) is 0 Å². The highest BCUT2D eigenvalue weighted by atomic mass is 32.3. The molecule has 0 fully saturated rings. The Bertz CT molecular complexity index is 840. The SMILES string of the molecule is CSC1=C(SC)SC(=C2SC3=C(SC(=CC4=CC(C)(C)N([O])C4(C)C)S3)S2)S1. The number of hydroxylamine groups is 2. The average molecular weight is 523 g/mol. The molecule has 0 aromatic rings. The molecule has 1 radical (unpaired) electrons. The van der Waals surface area contributed by atoms with Crippen molar-refractivity contribution in [3.8, 4) is 0 Å². The molecule has 0 spiro atoms. The summed E-state index contributed by atoms with van der Waals surface area (Å²) in [5, 5.41) is 13.8. The smallest absolute Gasteiger partial charge is 0.0718 e. The van der Waals surface area contributed by atoms with Crippen molar-refractivity contribution in [2.45, 2.75) is 38.8 Å². The first kappa shape index (κ1) is 22.6. The van der Waals surface area contributed by atoms with Crippen molar-refractivity contribution < 1.29 is 5.21 Å². The van der Waals surface area contributed by atoms with Crippen LogP contribution < -0.4 is 0 Å². The van der Waals surface area contributed by atoms with E-state index in [1.807, 2.05) is 122 Å². The van der Waals surface area contributed by atoms with E-state index in [4.69, 9.17) is 0 Å². The molecule has 0 aliphatic carbocycles. The average Bonchev–Trinajstić information content (AvgIpc) is 3.33. The van der Waals surface area contributed by atoms with Crippen LogP contribution in [0.2, 0.25) is 0 Å². The molecule has 10 heteroatoms. The molecule has 2 nitrogen and oxygen atoms in total. The van der Waals surface area contributed by atoms with Crippen molar-refractivity contribution in [2.75, 3.05) is 12.5 Å². The summed E-state index contributed by atoms with van der Waals surface area (Å²) in [6.07, 6.45) is 8.66. The fraction of sp³-hybridized carbons (Fsp3) is 0.444. The van der Waals surface area contributed by atoms with Crippen molar-refractivity contribution in [1.29, 1.82) is 0 Å². The van der Waals surface area contributed by atoms with E-state index in [2.05, 4.69) is 24.7 Å². The molecule has 0 saturated carbocycles. The summed E-state index contributed by atoms with van der Waals surface area (Å²) in [6.45, 7) is 8.01. The van der Waals surface area contributed by atoms with Gasteiger partial charge < -0.3 is 0 Å². The third kappa shape index (κ3) is 4.09. The molecule has 0 saturated heterocycles. The summed E-state index contributed by atoms with van der Waals surface area (Å²) in [7, 11) is 0. The van der Waals surface area contributed by atoms with Gasteiger partial charge in [-0.25, -0.2) is 0 Å². The predicted octanol–water partition coefficient (Wildman–Crippen LogP) is 8.52. The molecule has 0 atom stereocenters. The van der Waals surface area contributed by atoms with Gasteiger partial charge in [0.1, 0.15) is 0 Å². The van der Waals surface area contributed by atoms with Gasteiger partial charge in [-0.05, 0) is 51.9 Å². The van der Waals surface area contributed by atoms with E-state index in [0.717, 1.165) is 5.57 Å². The van der Waals surface area contributed by atoms with Gasteiger partial charge in [0.25, 0.3) is 0 Å². The van der Waals surface area contributed by atoms with Gasteiger partial charge in [-0.15, -0.1) is 33.8 Å². The molecular formula is C18H20NOS8. The maximum Gasteiger partial charge on any atom is 0.0718 e. The summed E-state index contributed by atoms with van der Waals surface area (Å²) >= 11 is 15.1. The van der Waals surface area contributed by atoms with Crippen molar-refractivity contribution in [3.63, 3.8) is 0 Å².